The number of aliphatic carboxylic acids is 2. The van der Waals surface area contributed by atoms with Gasteiger partial charge in [0, 0.05) is 12.5 Å². The summed E-state index contributed by atoms with van der Waals surface area (Å²) in [5, 5.41) is 22.0. The number of amides is 2. The summed E-state index contributed by atoms with van der Waals surface area (Å²) in [5.41, 5.74) is 0. The number of carbonyl (C=O) groups excluding carboxylic acids is 1. The monoisotopic (exact) mass is 284 g/mol. The van der Waals surface area contributed by atoms with Crippen molar-refractivity contribution >= 4 is 18.0 Å². The van der Waals surface area contributed by atoms with E-state index in [0.29, 0.717) is 12.2 Å². The third-order valence-corrected chi connectivity index (χ3v) is 2.45. The molecule has 20 heavy (non-hydrogen) atoms. The molecular weight excluding hydrogens is 268 g/mol. The first-order valence-electron chi connectivity index (χ1n) is 5.92. The molecular formula is C12H16N2O6. The molecule has 0 aliphatic carbocycles. The van der Waals surface area contributed by atoms with Gasteiger partial charge < -0.3 is 25.3 Å². The predicted molar refractivity (Wildman–Crippen MR) is 67.2 cm³/mol. The molecule has 2 unspecified atom stereocenters. The Morgan fingerprint density at radius 2 is 2.00 bits per heavy atom. The van der Waals surface area contributed by atoms with Crippen molar-refractivity contribution in [2.45, 2.75) is 31.8 Å². The van der Waals surface area contributed by atoms with E-state index < -0.39 is 30.4 Å². The maximum Gasteiger partial charge on any atom is 0.326 e. The Bertz CT molecular complexity index is 470. The summed E-state index contributed by atoms with van der Waals surface area (Å²) in [4.78, 5) is 32.8. The van der Waals surface area contributed by atoms with Crippen LogP contribution in [0.3, 0.4) is 0 Å². The molecule has 4 N–H and O–H groups in total. The van der Waals surface area contributed by atoms with Gasteiger partial charge in [0.05, 0.1) is 12.7 Å². The highest BCUT2D eigenvalue weighted by Gasteiger charge is 2.23. The van der Waals surface area contributed by atoms with E-state index in [0.717, 1.165) is 0 Å². The predicted octanol–water partition coefficient (Wildman–Crippen LogP) is 0.438. The first-order chi connectivity index (χ1) is 9.38. The fourth-order valence-corrected chi connectivity index (χ4v) is 1.58. The van der Waals surface area contributed by atoms with E-state index >= 15 is 0 Å². The molecule has 0 aromatic carbocycles. The van der Waals surface area contributed by atoms with E-state index in [1.54, 1.807) is 19.1 Å². The van der Waals surface area contributed by atoms with E-state index in [2.05, 4.69) is 10.6 Å². The summed E-state index contributed by atoms with van der Waals surface area (Å²) in [7, 11) is 0. The highest BCUT2D eigenvalue weighted by Crippen LogP contribution is 2.03. The summed E-state index contributed by atoms with van der Waals surface area (Å²) in [6.45, 7) is 1.72. The summed E-state index contributed by atoms with van der Waals surface area (Å²) < 4.78 is 5.11. The number of carboxylic acids is 2. The highest BCUT2D eigenvalue weighted by molar-refractivity contribution is 5.86. The molecule has 1 rings (SSSR count). The van der Waals surface area contributed by atoms with E-state index in [9.17, 15) is 14.4 Å². The van der Waals surface area contributed by atoms with Crippen LogP contribution in [-0.2, 0) is 16.0 Å². The fraction of sp³-hybridized carbons (Fsp3) is 0.417. The maximum atomic E-state index is 11.6. The Morgan fingerprint density at radius 3 is 2.50 bits per heavy atom. The number of furan rings is 1. The van der Waals surface area contributed by atoms with Crippen molar-refractivity contribution in [2.24, 2.45) is 0 Å². The standard InChI is InChI=1S/C12H16N2O6/c1-7(5-8-3-2-4-20-8)13-12(19)14-9(11(17)18)6-10(15)16/h2-4,7,9H,5-6H2,1H3,(H,15,16)(H,17,18)(H2,13,14,19). The molecule has 0 spiro atoms. The van der Waals surface area contributed by atoms with Gasteiger partial charge in [-0.2, -0.15) is 0 Å². The lowest BCUT2D eigenvalue weighted by molar-refractivity contribution is -0.145. The lowest BCUT2D eigenvalue weighted by atomic mass is 10.2. The normalized spacial score (nSPS) is 13.2. The minimum atomic E-state index is -1.47. The number of carboxylic acid groups (broad SMARTS) is 2. The van der Waals surface area contributed by atoms with Crippen LogP contribution in [0.2, 0.25) is 0 Å². The van der Waals surface area contributed by atoms with Gasteiger partial charge in [-0.1, -0.05) is 0 Å². The Labute approximate surface area is 114 Å². The third kappa shape index (κ3) is 5.42. The second-order valence-electron chi connectivity index (χ2n) is 4.29. The Hall–Kier alpha value is -2.51. The zero-order valence-corrected chi connectivity index (χ0v) is 10.8. The third-order valence-electron chi connectivity index (χ3n) is 2.45. The molecule has 0 fully saturated rings. The van der Waals surface area contributed by atoms with Gasteiger partial charge >= 0.3 is 18.0 Å². The summed E-state index contributed by atoms with van der Waals surface area (Å²) in [6, 6.07) is 0.970. The van der Waals surface area contributed by atoms with Crippen LogP contribution in [0.15, 0.2) is 22.8 Å². The van der Waals surface area contributed by atoms with Crippen molar-refractivity contribution in [3.05, 3.63) is 24.2 Å². The van der Waals surface area contributed by atoms with Crippen molar-refractivity contribution < 1.29 is 29.0 Å². The van der Waals surface area contributed by atoms with Gasteiger partial charge in [-0.15, -0.1) is 0 Å². The lowest BCUT2D eigenvalue weighted by Gasteiger charge is -2.16. The molecule has 2 amide bonds. The molecule has 0 aliphatic heterocycles. The number of hydrogen-bond acceptors (Lipinski definition) is 4. The van der Waals surface area contributed by atoms with Crippen molar-refractivity contribution in [1.29, 1.82) is 0 Å². The van der Waals surface area contributed by atoms with Crippen LogP contribution in [0.5, 0.6) is 0 Å². The molecule has 1 aromatic rings. The molecule has 8 nitrogen and oxygen atoms in total. The van der Waals surface area contributed by atoms with Gasteiger partial charge in [0.1, 0.15) is 11.8 Å². The molecule has 0 bridgehead atoms. The number of rotatable bonds is 7. The molecule has 1 heterocycles. The molecule has 2 atom stereocenters. The van der Waals surface area contributed by atoms with E-state index in [4.69, 9.17) is 14.6 Å². The molecule has 110 valence electrons. The Kier molecular flexibility index (Phi) is 5.57. The van der Waals surface area contributed by atoms with Crippen molar-refractivity contribution in [1.82, 2.24) is 10.6 Å². The quantitative estimate of drug-likeness (QED) is 0.575. The van der Waals surface area contributed by atoms with Crippen LogP contribution < -0.4 is 10.6 Å². The van der Waals surface area contributed by atoms with Gasteiger partial charge in [-0.3, -0.25) is 4.79 Å². The second-order valence-corrected chi connectivity index (χ2v) is 4.29. The highest BCUT2D eigenvalue weighted by atomic mass is 16.4. The van der Waals surface area contributed by atoms with Crippen molar-refractivity contribution in [3.63, 3.8) is 0 Å². The summed E-state index contributed by atoms with van der Waals surface area (Å²) >= 11 is 0. The fourth-order valence-electron chi connectivity index (χ4n) is 1.58. The minimum Gasteiger partial charge on any atom is -0.481 e. The SMILES string of the molecule is CC(Cc1ccco1)NC(=O)NC(CC(=O)O)C(=O)O. The second kappa shape index (κ2) is 7.17. The molecule has 0 aliphatic rings. The molecule has 8 heteroatoms. The molecule has 1 aromatic heterocycles. The van der Waals surface area contributed by atoms with Crippen LogP contribution in [0, 0.1) is 0 Å². The van der Waals surface area contributed by atoms with E-state index in [1.807, 2.05) is 0 Å². The van der Waals surface area contributed by atoms with E-state index in [1.165, 1.54) is 6.26 Å². The van der Waals surface area contributed by atoms with Crippen molar-refractivity contribution in [3.8, 4) is 0 Å². The first-order valence-corrected chi connectivity index (χ1v) is 5.92. The number of urea groups is 1. The number of hydrogen-bond donors (Lipinski definition) is 4. The smallest absolute Gasteiger partial charge is 0.326 e. The van der Waals surface area contributed by atoms with Gasteiger partial charge in [-0.25, -0.2) is 9.59 Å². The Morgan fingerprint density at radius 1 is 1.30 bits per heavy atom. The van der Waals surface area contributed by atoms with Crippen LogP contribution >= 0.6 is 0 Å². The van der Waals surface area contributed by atoms with Gasteiger partial charge in [0.25, 0.3) is 0 Å². The van der Waals surface area contributed by atoms with Crippen LogP contribution in [-0.4, -0.2) is 40.3 Å². The maximum absolute atomic E-state index is 11.6. The largest absolute Gasteiger partial charge is 0.481 e. The zero-order valence-electron chi connectivity index (χ0n) is 10.8. The summed E-state index contributed by atoms with van der Waals surface area (Å²) in [5.74, 6) is -2.03. The van der Waals surface area contributed by atoms with Crippen LogP contribution in [0.4, 0.5) is 4.79 Å². The van der Waals surface area contributed by atoms with Gasteiger partial charge in [0.15, 0.2) is 0 Å². The average molecular weight is 284 g/mol. The van der Waals surface area contributed by atoms with Gasteiger partial charge in [-0.05, 0) is 19.1 Å². The number of nitrogens with one attached hydrogen (secondary N) is 2. The first kappa shape index (κ1) is 15.5. The van der Waals surface area contributed by atoms with Crippen molar-refractivity contribution in [2.75, 3.05) is 0 Å². The Balaban J connectivity index is 2.44. The number of carbonyl (C=O) groups is 3. The molecule has 0 radical (unpaired) electrons. The molecule has 0 saturated carbocycles. The zero-order chi connectivity index (χ0) is 15.1. The van der Waals surface area contributed by atoms with Crippen LogP contribution in [0.25, 0.3) is 0 Å². The topological polar surface area (TPSA) is 129 Å². The van der Waals surface area contributed by atoms with E-state index in [-0.39, 0.29) is 6.04 Å². The minimum absolute atomic E-state index is 0.291. The molecule has 0 saturated heterocycles. The lowest BCUT2D eigenvalue weighted by Crippen LogP contribution is -2.49. The average Bonchev–Trinajstić information content (AvgIpc) is 2.79. The van der Waals surface area contributed by atoms with Crippen LogP contribution in [0.1, 0.15) is 19.1 Å². The van der Waals surface area contributed by atoms with Gasteiger partial charge in [0.2, 0.25) is 0 Å². The summed E-state index contributed by atoms with van der Waals surface area (Å²) in [6.07, 6.45) is 1.27.